The van der Waals surface area contributed by atoms with Gasteiger partial charge in [0.05, 0.1) is 10.5 Å². The minimum absolute atomic E-state index is 0.0228. The Kier molecular flexibility index (Phi) is 6.93. The molecule has 0 aliphatic rings. The molecular weight excluding hydrogens is 380 g/mol. The van der Waals surface area contributed by atoms with Gasteiger partial charge < -0.3 is 9.64 Å². The van der Waals surface area contributed by atoms with Crippen LogP contribution in [-0.2, 0) is 19.6 Å². The first-order chi connectivity index (χ1) is 13.2. The van der Waals surface area contributed by atoms with Crippen molar-refractivity contribution in [1.82, 2.24) is 4.31 Å². The summed E-state index contributed by atoms with van der Waals surface area (Å²) in [5, 5.41) is 0. The maximum atomic E-state index is 12.7. The normalized spacial score (nSPS) is 12.5. The number of benzene rings is 2. The molecule has 0 unspecified atom stereocenters. The van der Waals surface area contributed by atoms with Crippen molar-refractivity contribution in [2.45, 2.75) is 24.8 Å². The van der Waals surface area contributed by atoms with Crippen molar-refractivity contribution in [3.8, 4) is 0 Å². The number of hydrogen-bond donors (Lipinski definition) is 0. The molecule has 8 heteroatoms. The summed E-state index contributed by atoms with van der Waals surface area (Å²) in [6, 6.07) is 14.6. The van der Waals surface area contributed by atoms with Crippen LogP contribution in [0.1, 0.15) is 24.2 Å². The van der Waals surface area contributed by atoms with E-state index in [1.54, 1.807) is 12.1 Å². The SMILES string of the molecule is CCN(C(=O)[C@H](C)OC(=O)c1cccc(S(=O)(=O)N(C)C)c1)c1ccccc1. The van der Waals surface area contributed by atoms with Gasteiger partial charge in [-0.2, -0.15) is 0 Å². The third kappa shape index (κ3) is 4.76. The van der Waals surface area contributed by atoms with Crippen molar-refractivity contribution in [1.29, 1.82) is 0 Å². The average Bonchev–Trinajstić information content (AvgIpc) is 2.69. The maximum absolute atomic E-state index is 12.7. The van der Waals surface area contributed by atoms with Crippen LogP contribution in [0.2, 0.25) is 0 Å². The standard InChI is InChI=1S/C20H24N2O5S/c1-5-22(17-11-7-6-8-12-17)19(23)15(2)27-20(24)16-10-9-13-18(14-16)28(25,26)21(3)4/h6-15H,5H2,1-4H3/t15-/m0/s1. The summed E-state index contributed by atoms with van der Waals surface area (Å²) in [5.41, 5.74) is 0.766. The Morgan fingerprint density at radius 1 is 1.04 bits per heavy atom. The quantitative estimate of drug-likeness (QED) is 0.662. The van der Waals surface area contributed by atoms with Crippen LogP contribution in [0.4, 0.5) is 5.69 Å². The molecule has 0 heterocycles. The van der Waals surface area contributed by atoms with Gasteiger partial charge in [-0.1, -0.05) is 24.3 Å². The number of anilines is 1. The maximum Gasteiger partial charge on any atom is 0.338 e. The first kappa shape index (κ1) is 21.6. The molecule has 0 fully saturated rings. The average molecular weight is 404 g/mol. The van der Waals surface area contributed by atoms with Gasteiger partial charge in [-0.05, 0) is 44.2 Å². The summed E-state index contributed by atoms with van der Waals surface area (Å²) in [6.45, 7) is 3.74. The van der Waals surface area contributed by atoms with Gasteiger partial charge >= 0.3 is 5.97 Å². The molecule has 0 N–H and O–H groups in total. The van der Waals surface area contributed by atoms with Crippen molar-refractivity contribution in [3.05, 3.63) is 60.2 Å². The van der Waals surface area contributed by atoms with Crippen LogP contribution in [-0.4, -0.2) is 51.3 Å². The van der Waals surface area contributed by atoms with Crippen molar-refractivity contribution >= 4 is 27.6 Å². The Labute approximate surface area is 165 Å². The van der Waals surface area contributed by atoms with E-state index in [0.717, 1.165) is 4.31 Å². The highest BCUT2D eigenvalue weighted by atomic mass is 32.2. The molecule has 2 aromatic carbocycles. The lowest BCUT2D eigenvalue weighted by molar-refractivity contribution is -0.126. The molecule has 2 aromatic rings. The van der Waals surface area contributed by atoms with E-state index in [-0.39, 0.29) is 16.4 Å². The number of para-hydroxylation sites is 1. The van der Waals surface area contributed by atoms with Crippen LogP contribution < -0.4 is 4.90 Å². The molecule has 0 radical (unpaired) electrons. The molecule has 0 aliphatic heterocycles. The Bertz CT molecular complexity index is 942. The van der Waals surface area contributed by atoms with Gasteiger partial charge in [0.1, 0.15) is 0 Å². The molecule has 0 bridgehead atoms. The number of carbonyl (C=O) groups excluding carboxylic acids is 2. The van der Waals surface area contributed by atoms with E-state index in [1.807, 2.05) is 25.1 Å². The van der Waals surface area contributed by atoms with Crippen molar-refractivity contribution < 1.29 is 22.7 Å². The Hall–Kier alpha value is -2.71. The first-order valence-electron chi connectivity index (χ1n) is 8.78. The highest BCUT2D eigenvalue weighted by molar-refractivity contribution is 7.89. The predicted molar refractivity (Wildman–Crippen MR) is 107 cm³/mol. The number of hydrogen-bond acceptors (Lipinski definition) is 5. The Balaban J connectivity index is 2.17. The molecule has 28 heavy (non-hydrogen) atoms. The van der Waals surface area contributed by atoms with Crippen LogP contribution in [0.3, 0.4) is 0 Å². The molecule has 7 nitrogen and oxygen atoms in total. The monoisotopic (exact) mass is 404 g/mol. The fourth-order valence-corrected chi connectivity index (χ4v) is 3.51. The molecule has 0 aliphatic carbocycles. The van der Waals surface area contributed by atoms with Gasteiger partial charge in [0.25, 0.3) is 5.91 Å². The molecule has 0 saturated carbocycles. The summed E-state index contributed by atoms with van der Waals surface area (Å²) in [7, 11) is -0.867. The largest absolute Gasteiger partial charge is 0.449 e. The van der Waals surface area contributed by atoms with Gasteiger partial charge in [-0.25, -0.2) is 17.5 Å². The fraction of sp³-hybridized carbons (Fsp3) is 0.300. The van der Waals surface area contributed by atoms with Gasteiger partial charge in [0.15, 0.2) is 6.10 Å². The van der Waals surface area contributed by atoms with E-state index < -0.39 is 22.1 Å². The Morgan fingerprint density at radius 3 is 2.25 bits per heavy atom. The lowest BCUT2D eigenvalue weighted by atomic mass is 10.2. The molecule has 1 atom stereocenters. The number of rotatable bonds is 7. The van der Waals surface area contributed by atoms with E-state index in [2.05, 4.69) is 0 Å². The van der Waals surface area contributed by atoms with Crippen LogP contribution in [0.5, 0.6) is 0 Å². The molecule has 0 saturated heterocycles. The van der Waals surface area contributed by atoms with Gasteiger partial charge in [-0.15, -0.1) is 0 Å². The summed E-state index contributed by atoms with van der Waals surface area (Å²) in [6.07, 6.45) is -1.03. The lowest BCUT2D eigenvalue weighted by Crippen LogP contribution is -2.40. The smallest absolute Gasteiger partial charge is 0.338 e. The van der Waals surface area contributed by atoms with Crippen LogP contribution in [0.25, 0.3) is 0 Å². The highest BCUT2D eigenvalue weighted by Gasteiger charge is 2.25. The topological polar surface area (TPSA) is 84.0 Å². The van der Waals surface area contributed by atoms with E-state index in [9.17, 15) is 18.0 Å². The van der Waals surface area contributed by atoms with E-state index in [0.29, 0.717) is 12.2 Å². The minimum atomic E-state index is -3.68. The number of carbonyl (C=O) groups is 2. The third-order valence-corrected chi connectivity index (χ3v) is 5.94. The van der Waals surface area contributed by atoms with Gasteiger partial charge in [0, 0.05) is 26.3 Å². The number of amides is 1. The minimum Gasteiger partial charge on any atom is -0.449 e. The number of esters is 1. The van der Waals surface area contributed by atoms with Crippen LogP contribution in [0.15, 0.2) is 59.5 Å². The van der Waals surface area contributed by atoms with Crippen molar-refractivity contribution in [2.24, 2.45) is 0 Å². The lowest BCUT2D eigenvalue weighted by Gasteiger charge is -2.24. The predicted octanol–water partition coefficient (Wildman–Crippen LogP) is 2.54. The summed E-state index contributed by atoms with van der Waals surface area (Å²) in [5.74, 6) is -1.13. The van der Waals surface area contributed by atoms with E-state index in [1.165, 1.54) is 50.2 Å². The highest BCUT2D eigenvalue weighted by Crippen LogP contribution is 2.18. The zero-order valence-electron chi connectivity index (χ0n) is 16.3. The van der Waals surface area contributed by atoms with Crippen molar-refractivity contribution in [3.63, 3.8) is 0 Å². The van der Waals surface area contributed by atoms with Crippen LogP contribution in [0, 0.1) is 0 Å². The number of nitrogens with zero attached hydrogens (tertiary/aromatic N) is 2. The fourth-order valence-electron chi connectivity index (χ4n) is 2.57. The van der Waals surface area contributed by atoms with Gasteiger partial charge in [0.2, 0.25) is 10.0 Å². The molecule has 0 spiro atoms. The number of sulfonamides is 1. The zero-order valence-corrected chi connectivity index (χ0v) is 17.1. The summed E-state index contributed by atoms with van der Waals surface area (Å²) >= 11 is 0. The second kappa shape index (κ2) is 8.99. The first-order valence-corrected chi connectivity index (χ1v) is 10.2. The second-order valence-corrected chi connectivity index (χ2v) is 8.43. The van der Waals surface area contributed by atoms with Crippen molar-refractivity contribution in [2.75, 3.05) is 25.5 Å². The van der Waals surface area contributed by atoms with Crippen LogP contribution >= 0.6 is 0 Å². The van der Waals surface area contributed by atoms with E-state index in [4.69, 9.17) is 4.74 Å². The Morgan fingerprint density at radius 2 is 1.68 bits per heavy atom. The van der Waals surface area contributed by atoms with Gasteiger partial charge in [-0.3, -0.25) is 4.79 Å². The third-order valence-electron chi connectivity index (χ3n) is 4.13. The molecular formula is C20H24N2O5S. The molecule has 2 rings (SSSR count). The zero-order chi connectivity index (χ0) is 20.9. The molecule has 1 amide bonds. The molecule has 150 valence electrons. The number of ether oxygens (including phenoxy) is 1. The summed E-state index contributed by atoms with van der Waals surface area (Å²) in [4.78, 5) is 26.7. The second-order valence-electron chi connectivity index (χ2n) is 6.28. The summed E-state index contributed by atoms with van der Waals surface area (Å²) < 4.78 is 30.8. The van der Waals surface area contributed by atoms with E-state index >= 15 is 0 Å². The molecule has 0 aromatic heterocycles. The number of likely N-dealkylation sites (N-methyl/N-ethyl adjacent to an activating group) is 1.